The maximum Gasteiger partial charge on any atom is 0.302 e. The lowest BCUT2D eigenvalue weighted by atomic mass is 10.1. The van der Waals surface area contributed by atoms with Crippen LogP contribution in [0.4, 0.5) is 0 Å². The second-order valence-corrected chi connectivity index (χ2v) is 5.58. The van der Waals surface area contributed by atoms with Gasteiger partial charge >= 0.3 is 5.97 Å². The van der Waals surface area contributed by atoms with Gasteiger partial charge in [-0.2, -0.15) is 0 Å². The largest absolute Gasteiger partial charge is 0.508 e. The van der Waals surface area contributed by atoms with Crippen LogP contribution in [-0.4, -0.2) is 38.1 Å². The summed E-state index contributed by atoms with van der Waals surface area (Å²) in [4.78, 5) is 22.0. The fourth-order valence-electron chi connectivity index (χ4n) is 2.34. The number of fused-ring (bicyclic) bond motifs is 1. The molecule has 1 heterocycles. The van der Waals surface area contributed by atoms with Crippen LogP contribution in [0.5, 0.6) is 28.7 Å². The molecule has 0 saturated carbocycles. The first-order valence-electron chi connectivity index (χ1n) is 8.03. The molecule has 0 aliphatic rings. The first-order chi connectivity index (χ1) is 13.1. The fourth-order valence-corrected chi connectivity index (χ4v) is 2.34. The van der Waals surface area contributed by atoms with E-state index in [1.807, 2.05) is 0 Å². The molecule has 9 nitrogen and oxygen atoms in total. The van der Waals surface area contributed by atoms with Gasteiger partial charge in [-0.1, -0.05) is 0 Å². The van der Waals surface area contributed by atoms with Crippen molar-refractivity contribution < 1.29 is 39.5 Å². The molecular weight excluding hydrogens is 372 g/mol. The summed E-state index contributed by atoms with van der Waals surface area (Å²) in [6.45, 7) is 3.65. The maximum atomic E-state index is 12.1. The summed E-state index contributed by atoms with van der Waals surface area (Å²) in [5.41, 5.74) is -0.890. The first kappa shape index (κ1) is 20.4. The highest BCUT2D eigenvalue weighted by Crippen LogP contribution is 2.37. The summed E-state index contributed by atoms with van der Waals surface area (Å²) >= 11 is 0. The average Bonchev–Trinajstić information content (AvgIpc) is 2.60. The molecule has 0 amide bonds. The number of hydrogen-bond acceptors (Lipinski definition) is 9. The number of esters is 1. The summed E-state index contributed by atoms with van der Waals surface area (Å²) in [5, 5.41) is 47.6. The number of aromatic hydroxyl groups is 5. The van der Waals surface area contributed by atoms with Crippen molar-refractivity contribution in [1.29, 1.82) is 0 Å². The third kappa shape index (κ3) is 4.26. The van der Waals surface area contributed by atoms with Gasteiger partial charge in [0.25, 0.3) is 0 Å². The van der Waals surface area contributed by atoms with Crippen LogP contribution in [0.25, 0.3) is 22.3 Å². The van der Waals surface area contributed by atoms with Gasteiger partial charge in [0.1, 0.15) is 22.5 Å². The van der Waals surface area contributed by atoms with Crippen LogP contribution < -0.4 is 5.43 Å². The minimum absolute atomic E-state index is 0.134. The lowest BCUT2D eigenvalue weighted by Gasteiger charge is -2.08. The predicted octanol–water partition coefficient (Wildman–Crippen LogP) is 2.56. The van der Waals surface area contributed by atoms with E-state index < -0.39 is 22.7 Å². The molecule has 2 aromatic carbocycles. The van der Waals surface area contributed by atoms with Gasteiger partial charge in [0, 0.05) is 24.6 Å². The van der Waals surface area contributed by atoms with Crippen LogP contribution in [0.15, 0.2) is 39.5 Å². The van der Waals surface area contributed by atoms with Crippen LogP contribution >= 0.6 is 0 Å². The predicted molar refractivity (Wildman–Crippen MR) is 98.6 cm³/mol. The molecule has 0 fully saturated rings. The molecule has 28 heavy (non-hydrogen) atoms. The van der Waals surface area contributed by atoms with Gasteiger partial charge in [-0.25, -0.2) is 0 Å². The fraction of sp³-hybridized carbons (Fsp3) is 0.158. The van der Waals surface area contributed by atoms with Crippen molar-refractivity contribution in [2.24, 2.45) is 0 Å². The molecule has 0 spiro atoms. The Balaban J connectivity index is 0.000000409. The Morgan fingerprint density at radius 3 is 2.21 bits per heavy atom. The number of benzene rings is 2. The van der Waals surface area contributed by atoms with Crippen molar-refractivity contribution in [3.8, 4) is 40.1 Å². The van der Waals surface area contributed by atoms with Crippen LogP contribution in [-0.2, 0) is 9.53 Å². The molecule has 9 heteroatoms. The number of carbonyl (C=O) groups excluding carboxylic acids is 1. The Kier molecular flexibility index (Phi) is 5.99. The quantitative estimate of drug-likeness (QED) is 0.327. The van der Waals surface area contributed by atoms with Crippen LogP contribution in [0, 0.1) is 0 Å². The molecule has 0 aliphatic heterocycles. The van der Waals surface area contributed by atoms with E-state index in [1.165, 1.54) is 13.0 Å². The minimum Gasteiger partial charge on any atom is -0.508 e. The highest BCUT2D eigenvalue weighted by molar-refractivity contribution is 5.88. The maximum absolute atomic E-state index is 12.1. The minimum atomic E-state index is -0.888. The smallest absolute Gasteiger partial charge is 0.302 e. The van der Waals surface area contributed by atoms with E-state index in [-0.39, 0.29) is 39.8 Å². The normalized spacial score (nSPS) is 10.2. The van der Waals surface area contributed by atoms with E-state index in [4.69, 9.17) is 4.42 Å². The molecule has 5 N–H and O–H groups in total. The zero-order chi connectivity index (χ0) is 21.0. The monoisotopic (exact) mass is 390 g/mol. The van der Waals surface area contributed by atoms with Gasteiger partial charge in [0.05, 0.1) is 6.61 Å². The molecule has 0 atom stereocenters. The van der Waals surface area contributed by atoms with Crippen LogP contribution in [0.2, 0.25) is 0 Å². The van der Waals surface area contributed by atoms with E-state index in [9.17, 15) is 35.1 Å². The van der Waals surface area contributed by atoms with Crippen LogP contribution in [0.3, 0.4) is 0 Å². The number of ether oxygens (including phenoxy) is 1. The SMILES string of the molecule is CCOC(C)=O.O=c1c(O)c(-c2ccc(O)c(O)c2)oc2cc(O)cc(O)c12. The number of rotatable bonds is 2. The second-order valence-electron chi connectivity index (χ2n) is 5.58. The van der Waals surface area contributed by atoms with Crippen molar-refractivity contribution in [3.63, 3.8) is 0 Å². The van der Waals surface area contributed by atoms with E-state index in [2.05, 4.69) is 4.74 Å². The molecule has 0 bridgehead atoms. The van der Waals surface area contributed by atoms with E-state index >= 15 is 0 Å². The number of hydrogen-bond donors (Lipinski definition) is 5. The topological polar surface area (TPSA) is 158 Å². The van der Waals surface area contributed by atoms with Crippen molar-refractivity contribution in [1.82, 2.24) is 0 Å². The van der Waals surface area contributed by atoms with Crippen LogP contribution in [0.1, 0.15) is 13.8 Å². The number of phenols is 4. The highest BCUT2D eigenvalue weighted by atomic mass is 16.5. The van der Waals surface area contributed by atoms with Gasteiger partial charge in [-0.05, 0) is 25.1 Å². The molecule has 3 rings (SSSR count). The second kappa shape index (κ2) is 8.21. The number of phenolic OH excluding ortho intramolecular Hbond substituents is 4. The van der Waals surface area contributed by atoms with Gasteiger partial charge in [0.2, 0.25) is 11.2 Å². The average molecular weight is 390 g/mol. The Morgan fingerprint density at radius 2 is 1.68 bits per heavy atom. The molecular formula is C19H18O9. The molecule has 0 radical (unpaired) electrons. The molecule has 148 valence electrons. The van der Waals surface area contributed by atoms with E-state index in [0.717, 1.165) is 24.3 Å². The van der Waals surface area contributed by atoms with E-state index in [1.54, 1.807) is 6.92 Å². The van der Waals surface area contributed by atoms with Crippen molar-refractivity contribution >= 4 is 16.9 Å². The number of carbonyl (C=O) groups is 1. The lowest BCUT2D eigenvalue weighted by Crippen LogP contribution is -2.02. The van der Waals surface area contributed by atoms with Gasteiger partial charge in [0.15, 0.2) is 17.3 Å². The molecule has 1 aromatic heterocycles. The van der Waals surface area contributed by atoms with E-state index in [0.29, 0.717) is 6.61 Å². The summed E-state index contributed by atoms with van der Waals surface area (Å²) in [6, 6.07) is 5.64. The standard InChI is InChI=1S/C15H10O7.C4H8O2/c16-7-4-10(19)12-11(5-7)22-15(14(21)13(12)20)6-1-2-8(17)9(18)3-6;1-3-6-4(2)5/h1-5,16-19,21H;3H2,1-2H3. The van der Waals surface area contributed by atoms with Gasteiger partial charge in [-0.15, -0.1) is 0 Å². The summed E-state index contributed by atoms with van der Waals surface area (Å²) in [5.74, 6) is -2.92. The third-order valence-corrected chi connectivity index (χ3v) is 3.52. The molecule has 0 aliphatic carbocycles. The molecule has 0 unspecified atom stereocenters. The zero-order valence-electron chi connectivity index (χ0n) is 15.0. The highest BCUT2D eigenvalue weighted by Gasteiger charge is 2.19. The molecule has 0 saturated heterocycles. The van der Waals surface area contributed by atoms with Crippen molar-refractivity contribution in [2.45, 2.75) is 13.8 Å². The third-order valence-electron chi connectivity index (χ3n) is 3.52. The summed E-state index contributed by atoms with van der Waals surface area (Å²) in [6.07, 6.45) is 0. The lowest BCUT2D eigenvalue weighted by molar-refractivity contribution is -0.140. The Morgan fingerprint density at radius 1 is 1.00 bits per heavy atom. The summed E-state index contributed by atoms with van der Waals surface area (Å²) < 4.78 is 9.76. The van der Waals surface area contributed by atoms with Gasteiger partial charge in [-0.3, -0.25) is 9.59 Å². The Bertz CT molecular complexity index is 1080. The Labute approximate surface area is 158 Å². The van der Waals surface area contributed by atoms with Gasteiger partial charge < -0.3 is 34.7 Å². The zero-order valence-corrected chi connectivity index (χ0v) is 15.0. The Hall–Kier alpha value is -3.88. The van der Waals surface area contributed by atoms with Crippen molar-refractivity contribution in [2.75, 3.05) is 6.61 Å². The first-order valence-corrected chi connectivity index (χ1v) is 8.03. The molecule has 3 aromatic rings. The van der Waals surface area contributed by atoms with Crippen molar-refractivity contribution in [3.05, 3.63) is 40.6 Å². The summed E-state index contributed by atoms with van der Waals surface area (Å²) in [7, 11) is 0.